The van der Waals surface area contributed by atoms with E-state index in [0.717, 1.165) is 22.0 Å². The minimum absolute atomic E-state index is 0.354. The number of furan rings is 1. The van der Waals surface area contributed by atoms with E-state index in [-0.39, 0.29) is 0 Å². The standard InChI is InChI=1S/C20H21N3O4S/c1-14-22-18(13-28-14)15-5-7-16(8-6-15)23-20(25)19(24)21-9-3-10-26-12-17-4-2-11-27-17/h2,4-8,11,13H,3,9-10,12H2,1H3,(H,21,24)(H,23,25). The minimum Gasteiger partial charge on any atom is -0.467 e. The number of benzene rings is 1. The molecule has 1 aromatic carbocycles. The molecular weight excluding hydrogens is 378 g/mol. The molecule has 0 aliphatic rings. The highest BCUT2D eigenvalue weighted by Gasteiger charge is 2.13. The van der Waals surface area contributed by atoms with Crippen LogP contribution >= 0.6 is 11.3 Å². The third-order valence-electron chi connectivity index (χ3n) is 3.84. The number of rotatable bonds is 8. The second-order valence-electron chi connectivity index (χ2n) is 6.02. The summed E-state index contributed by atoms with van der Waals surface area (Å²) in [6.45, 7) is 3.15. The topological polar surface area (TPSA) is 93.5 Å². The van der Waals surface area contributed by atoms with Gasteiger partial charge in [-0.1, -0.05) is 12.1 Å². The van der Waals surface area contributed by atoms with Gasteiger partial charge in [-0.3, -0.25) is 9.59 Å². The highest BCUT2D eigenvalue weighted by Crippen LogP contribution is 2.23. The quantitative estimate of drug-likeness (QED) is 0.447. The van der Waals surface area contributed by atoms with Crippen LogP contribution in [0, 0.1) is 6.92 Å². The van der Waals surface area contributed by atoms with Crippen molar-refractivity contribution in [2.75, 3.05) is 18.5 Å². The van der Waals surface area contributed by atoms with Crippen molar-refractivity contribution >= 4 is 28.8 Å². The molecule has 3 rings (SSSR count). The molecule has 0 atom stereocenters. The molecule has 2 aromatic heterocycles. The van der Waals surface area contributed by atoms with E-state index >= 15 is 0 Å². The Morgan fingerprint density at radius 3 is 2.68 bits per heavy atom. The van der Waals surface area contributed by atoms with Gasteiger partial charge in [-0.05, 0) is 37.6 Å². The first-order valence-electron chi connectivity index (χ1n) is 8.83. The maximum absolute atomic E-state index is 12.0. The Hall–Kier alpha value is -2.97. The molecule has 8 heteroatoms. The van der Waals surface area contributed by atoms with Gasteiger partial charge in [0.05, 0.1) is 17.0 Å². The maximum atomic E-state index is 12.0. The van der Waals surface area contributed by atoms with Gasteiger partial charge >= 0.3 is 11.8 Å². The van der Waals surface area contributed by atoms with Gasteiger partial charge < -0.3 is 19.8 Å². The van der Waals surface area contributed by atoms with E-state index in [1.165, 1.54) is 0 Å². The third-order valence-corrected chi connectivity index (χ3v) is 4.61. The minimum atomic E-state index is -0.700. The van der Waals surface area contributed by atoms with E-state index in [0.29, 0.717) is 31.9 Å². The van der Waals surface area contributed by atoms with E-state index in [2.05, 4.69) is 15.6 Å². The lowest BCUT2D eigenvalue weighted by Gasteiger charge is -2.07. The molecule has 0 unspecified atom stereocenters. The predicted octanol–water partition coefficient (Wildman–Crippen LogP) is 3.37. The van der Waals surface area contributed by atoms with Gasteiger partial charge in [0.15, 0.2) is 0 Å². The summed E-state index contributed by atoms with van der Waals surface area (Å²) in [6.07, 6.45) is 2.19. The van der Waals surface area contributed by atoms with Gasteiger partial charge in [-0.25, -0.2) is 4.98 Å². The van der Waals surface area contributed by atoms with E-state index in [4.69, 9.17) is 9.15 Å². The number of anilines is 1. The summed E-state index contributed by atoms with van der Waals surface area (Å²) in [4.78, 5) is 28.3. The molecule has 2 N–H and O–H groups in total. The van der Waals surface area contributed by atoms with Crippen molar-refractivity contribution in [3.05, 3.63) is 58.8 Å². The van der Waals surface area contributed by atoms with E-state index in [1.807, 2.05) is 30.5 Å². The van der Waals surface area contributed by atoms with Crippen LogP contribution < -0.4 is 10.6 Å². The fraction of sp³-hybridized carbons (Fsp3) is 0.250. The summed E-state index contributed by atoms with van der Waals surface area (Å²) in [6, 6.07) is 10.8. The van der Waals surface area contributed by atoms with E-state index in [1.54, 1.807) is 35.8 Å². The summed E-state index contributed by atoms with van der Waals surface area (Å²) in [5.41, 5.74) is 2.41. The van der Waals surface area contributed by atoms with Crippen molar-refractivity contribution in [3.63, 3.8) is 0 Å². The summed E-state index contributed by atoms with van der Waals surface area (Å²) < 4.78 is 10.6. The molecule has 0 saturated carbocycles. The molecule has 7 nitrogen and oxygen atoms in total. The van der Waals surface area contributed by atoms with Crippen LogP contribution in [0.3, 0.4) is 0 Å². The second kappa shape index (κ2) is 9.82. The molecule has 0 radical (unpaired) electrons. The molecule has 3 aromatic rings. The number of aryl methyl sites for hydroxylation is 1. The van der Waals surface area contributed by atoms with Crippen molar-refractivity contribution in [2.24, 2.45) is 0 Å². The lowest BCUT2D eigenvalue weighted by atomic mass is 10.1. The molecule has 28 heavy (non-hydrogen) atoms. The largest absolute Gasteiger partial charge is 0.467 e. The lowest BCUT2D eigenvalue weighted by Crippen LogP contribution is -2.36. The van der Waals surface area contributed by atoms with Crippen LogP contribution in [0.2, 0.25) is 0 Å². The molecule has 146 valence electrons. The number of nitrogens with zero attached hydrogens (tertiary/aromatic N) is 1. The molecule has 0 saturated heterocycles. The first-order valence-corrected chi connectivity index (χ1v) is 9.71. The van der Waals surface area contributed by atoms with Crippen molar-refractivity contribution < 1.29 is 18.7 Å². The Labute approximate surface area is 166 Å². The van der Waals surface area contributed by atoms with Crippen LogP contribution in [0.1, 0.15) is 17.2 Å². The Morgan fingerprint density at radius 1 is 1.18 bits per heavy atom. The maximum Gasteiger partial charge on any atom is 0.313 e. The summed E-state index contributed by atoms with van der Waals surface area (Å²) in [5.74, 6) is -0.627. The number of hydrogen-bond acceptors (Lipinski definition) is 6. The summed E-state index contributed by atoms with van der Waals surface area (Å²) >= 11 is 1.58. The first kappa shape index (κ1) is 19.8. The number of amides is 2. The summed E-state index contributed by atoms with van der Waals surface area (Å²) in [5, 5.41) is 8.13. The summed E-state index contributed by atoms with van der Waals surface area (Å²) in [7, 11) is 0. The Balaban J connectivity index is 1.36. The number of nitrogens with one attached hydrogen (secondary N) is 2. The van der Waals surface area contributed by atoms with Gasteiger partial charge in [0.1, 0.15) is 12.4 Å². The fourth-order valence-corrected chi connectivity index (χ4v) is 3.05. The van der Waals surface area contributed by atoms with E-state index < -0.39 is 11.8 Å². The Morgan fingerprint density at radius 2 is 2.00 bits per heavy atom. The molecule has 0 bridgehead atoms. The average Bonchev–Trinajstić information content (AvgIpc) is 3.36. The Kier molecular flexibility index (Phi) is 6.94. The number of carbonyl (C=O) groups excluding carboxylic acids is 2. The third kappa shape index (κ3) is 5.77. The van der Waals surface area contributed by atoms with Gasteiger partial charge in [-0.2, -0.15) is 0 Å². The molecule has 2 amide bonds. The number of aromatic nitrogens is 1. The zero-order chi connectivity index (χ0) is 19.8. The fourth-order valence-electron chi connectivity index (χ4n) is 2.43. The molecular formula is C20H21N3O4S. The zero-order valence-corrected chi connectivity index (χ0v) is 16.3. The molecule has 2 heterocycles. The van der Waals surface area contributed by atoms with Gasteiger partial charge in [0.2, 0.25) is 0 Å². The normalized spacial score (nSPS) is 10.6. The first-order chi connectivity index (χ1) is 13.6. The van der Waals surface area contributed by atoms with Gasteiger partial charge in [0, 0.05) is 29.8 Å². The van der Waals surface area contributed by atoms with Crippen LogP contribution in [-0.2, 0) is 20.9 Å². The monoisotopic (exact) mass is 399 g/mol. The van der Waals surface area contributed by atoms with E-state index in [9.17, 15) is 9.59 Å². The molecule has 0 aliphatic heterocycles. The van der Waals surface area contributed by atoms with Gasteiger partial charge in [-0.15, -0.1) is 11.3 Å². The smallest absolute Gasteiger partial charge is 0.313 e. The van der Waals surface area contributed by atoms with Gasteiger partial charge in [0.25, 0.3) is 0 Å². The second-order valence-corrected chi connectivity index (χ2v) is 7.09. The van der Waals surface area contributed by atoms with Crippen LogP contribution in [0.25, 0.3) is 11.3 Å². The molecule has 0 spiro atoms. The Bertz CT molecular complexity index is 904. The highest BCUT2D eigenvalue weighted by atomic mass is 32.1. The average molecular weight is 399 g/mol. The lowest BCUT2D eigenvalue weighted by molar-refractivity contribution is -0.136. The SMILES string of the molecule is Cc1nc(-c2ccc(NC(=O)C(=O)NCCCOCc3ccco3)cc2)cs1. The van der Waals surface area contributed by atoms with Crippen LogP contribution in [0.5, 0.6) is 0 Å². The molecule has 0 aliphatic carbocycles. The molecule has 0 fully saturated rings. The van der Waals surface area contributed by atoms with Crippen LogP contribution in [0.15, 0.2) is 52.5 Å². The predicted molar refractivity (Wildman–Crippen MR) is 107 cm³/mol. The number of ether oxygens (including phenoxy) is 1. The van der Waals surface area contributed by atoms with Crippen molar-refractivity contribution in [3.8, 4) is 11.3 Å². The van der Waals surface area contributed by atoms with Crippen molar-refractivity contribution in [1.29, 1.82) is 0 Å². The number of carbonyl (C=O) groups is 2. The van der Waals surface area contributed by atoms with Crippen LogP contribution in [0.4, 0.5) is 5.69 Å². The van der Waals surface area contributed by atoms with Crippen LogP contribution in [-0.4, -0.2) is 29.9 Å². The number of hydrogen-bond donors (Lipinski definition) is 2. The van der Waals surface area contributed by atoms with Crippen molar-refractivity contribution in [2.45, 2.75) is 20.0 Å². The van der Waals surface area contributed by atoms with Crippen molar-refractivity contribution in [1.82, 2.24) is 10.3 Å². The number of thiazole rings is 1. The zero-order valence-electron chi connectivity index (χ0n) is 15.4. The highest BCUT2D eigenvalue weighted by molar-refractivity contribution is 7.09.